The molecule has 0 spiro atoms. The fourth-order valence-electron chi connectivity index (χ4n) is 2.89. The van der Waals surface area contributed by atoms with Crippen LogP contribution < -0.4 is 10.1 Å². The molecule has 3 aromatic rings. The number of nitro benzene ring substituents is 1. The highest BCUT2D eigenvalue weighted by Crippen LogP contribution is 2.25. The summed E-state index contributed by atoms with van der Waals surface area (Å²) < 4.78 is 5.16. The molecule has 1 heterocycles. The minimum Gasteiger partial charge on any atom is -0.496 e. The van der Waals surface area contributed by atoms with E-state index in [4.69, 9.17) is 4.74 Å². The zero-order valence-corrected chi connectivity index (χ0v) is 15.4. The van der Waals surface area contributed by atoms with Gasteiger partial charge < -0.3 is 15.2 Å². The average molecular weight is 395 g/mol. The van der Waals surface area contributed by atoms with Crippen molar-refractivity contribution in [1.29, 1.82) is 0 Å². The van der Waals surface area contributed by atoms with Crippen LogP contribution in [-0.4, -0.2) is 40.0 Å². The molecule has 0 aliphatic heterocycles. The van der Waals surface area contributed by atoms with E-state index in [1.165, 1.54) is 31.5 Å². The van der Waals surface area contributed by atoms with Crippen molar-refractivity contribution < 1.29 is 24.4 Å². The third-order valence-corrected chi connectivity index (χ3v) is 4.35. The molecular formula is C20H17N3O6. The third kappa shape index (κ3) is 4.46. The molecule has 0 unspecified atom stereocenters. The number of aromatic nitrogens is 1. The Bertz CT molecular complexity index is 1100. The molecular weight excluding hydrogens is 378 g/mol. The molecule has 0 saturated carbocycles. The summed E-state index contributed by atoms with van der Waals surface area (Å²) in [5, 5.41) is 23.7. The molecule has 1 amide bonds. The smallest absolute Gasteiger partial charge is 0.326 e. The highest BCUT2D eigenvalue weighted by atomic mass is 16.6. The van der Waals surface area contributed by atoms with Crippen LogP contribution in [0.15, 0.2) is 54.7 Å². The summed E-state index contributed by atoms with van der Waals surface area (Å²) >= 11 is 0. The first-order valence-electron chi connectivity index (χ1n) is 8.59. The van der Waals surface area contributed by atoms with Gasteiger partial charge in [-0.1, -0.05) is 18.2 Å². The number of nitro groups is 1. The lowest BCUT2D eigenvalue weighted by atomic mass is 10.0. The minimum absolute atomic E-state index is 0.188. The number of pyridine rings is 1. The van der Waals surface area contributed by atoms with Crippen LogP contribution in [0.1, 0.15) is 15.9 Å². The summed E-state index contributed by atoms with van der Waals surface area (Å²) in [6, 6.07) is 11.4. The van der Waals surface area contributed by atoms with Gasteiger partial charge in [0.15, 0.2) is 0 Å². The number of hydrogen-bond donors (Lipinski definition) is 2. The predicted octanol–water partition coefficient (Wildman–Crippen LogP) is 2.58. The molecule has 0 aliphatic rings. The average Bonchev–Trinajstić information content (AvgIpc) is 2.72. The van der Waals surface area contributed by atoms with E-state index in [1.54, 1.807) is 24.3 Å². The van der Waals surface area contributed by atoms with E-state index in [-0.39, 0.29) is 17.7 Å². The highest BCUT2D eigenvalue weighted by Gasteiger charge is 2.24. The van der Waals surface area contributed by atoms with Crippen LogP contribution in [0.4, 0.5) is 5.69 Å². The van der Waals surface area contributed by atoms with Crippen LogP contribution in [0.5, 0.6) is 5.75 Å². The van der Waals surface area contributed by atoms with Crippen molar-refractivity contribution in [2.75, 3.05) is 7.11 Å². The third-order valence-electron chi connectivity index (χ3n) is 4.35. The van der Waals surface area contributed by atoms with Gasteiger partial charge in [-0.2, -0.15) is 0 Å². The number of aliphatic carboxylic acids is 1. The molecule has 9 nitrogen and oxygen atoms in total. The molecule has 1 aromatic heterocycles. The van der Waals surface area contributed by atoms with Crippen molar-refractivity contribution in [1.82, 2.24) is 10.3 Å². The summed E-state index contributed by atoms with van der Waals surface area (Å²) in [5.41, 5.74) is 1.02. The van der Waals surface area contributed by atoms with Gasteiger partial charge >= 0.3 is 5.97 Å². The van der Waals surface area contributed by atoms with Gasteiger partial charge in [-0.05, 0) is 18.2 Å². The molecule has 0 radical (unpaired) electrons. The molecule has 9 heteroatoms. The van der Waals surface area contributed by atoms with Gasteiger partial charge in [0.1, 0.15) is 11.8 Å². The van der Waals surface area contributed by atoms with E-state index in [1.807, 2.05) is 6.07 Å². The van der Waals surface area contributed by atoms with Crippen LogP contribution in [0.2, 0.25) is 0 Å². The Morgan fingerprint density at radius 1 is 1.24 bits per heavy atom. The lowest BCUT2D eigenvalue weighted by Crippen LogP contribution is -2.42. The number of ether oxygens (including phenoxy) is 1. The number of benzene rings is 2. The van der Waals surface area contributed by atoms with Crippen molar-refractivity contribution in [2.24, 2.45) is 0 Å². The zero-order valence-electron chi connectivity index (χ0n) is 15.4. The summed E-state index contributed by atoms with van der Waals surface area (Å²) in [6.45, 7) is 0. The number of carboxylic acid groups (broad SMARTS) is 1. The number of amides is 1. The molecule has 2 aromatic carbocycles. The number of hydrogen-bond acceptors (Lipinski definition) is 6. The number of carboxylic acids is 1. The number of fused-ring (bicyclic) bond motifs is 1. The second-order valence-corrected chi connectivity index (χ2v) is 6.24. The number of carbonyl (C=O) groups is 2. The molecule has 2 N–H and O–H groups in total. The number of nitrogens with zero attached hydrogens (tertiary/aromatic N) is 2. The Labute approximate surface area is 165 Å². The molecule has 29 heavy (non-hydrogen) atoms. The van der Waals surface area contributed by atoms with Crippen LogP contribution in [-0.2, 0) is 11.2 Å². The molecule has 0 saturated heterocycles. The first kappa shape index (κ1) is 19.7. The monoisotopic (exact) mass is 395 g/mol. The maximum atomic E-state index is 12.6. The van der Waals surface area contributed by atoms with Crippen molar-refractivity contribution in [3.63, 3.8) is 0 Å². The Morgan fingerprint density at radius 3 is 2.69 bits per heavy atom. The van der Waals surface area contributed by atoms with E-state index in [0.29, 0.717) is 16.8 Å². The summed E-state index contributed by atoms with van der Waals surface area (Å²) in [4.78, 5) is 38.9. The summed E-state index contributed by atoms with van der Waals surface area (Å²) in [7, 11) is 1.37. The molecule has 0 aliphatic carbocycles. The van der Waals surface area contributed by atoms with Crippen LogP contribution in [0, 0.1) is 10.1 Å². The number of rotatable bonds is 7. The number of non-ortho nitro benzene ring substituents is 1. The van der Waals surface area contributed by atoms with Crippen molar-refractivity contribution in [3.05, 3.63) is 76.0 Å². The number of methoxy groups -OCH3 is 1. The van der Waals surface area contributed by atoms with Gasteiger partial charge in [-0.25, -0.2) is 4.79 Å². The van der Waals surface area contributed by atoms with Crippen molar-refractivity contribution in [3.8, 4) is 5.75 Å². The van der Waals surface area contributed by atoms with Gasteiger partial charge in [0.25, 0.3) is 11.6 Å². The SMILES string of the molecule is COc1ccc([N+](=O)[O-])cc1C[C@@H](NC(=O)c1cnc2ccccc2c1)C(=O)O. The maximum Gasteiger partial charge on any atom is 0.326 e. The van der Waals surface area contributed by atoms with Gasteiger partial charge in [0.2, 0.25) is 0 Å². The van der Waals surface area contributed by atoms with Gasteiger partial charge in [-0.3, -0.25) is 19.9 Å². The van der Waals surface area contributed by atoms with Crippen LogP contribution >= 0.6 is 0 Å². The number of para-hydroxylation sites is 1. The quantitative estimate of drug-likeness (QED) is 0.464. The second kappa shape index (κ2) is 8.34. The molecule has 1 atom stereocenters. The van der Waals surface area contributed by atoms with Gasteiger partial charge in [0.05, 0.1) is 23.1 Å². The standard InChI is InChI=1S/C20H17N3O6/c1-29-18-7-6-15(23(27)28)9-13(18)10-17(20(25)26)22-19(24)14-8-12-4-2-3-5-16(12)21-11-14/h2-9,11,17H,10H2,1H3,(H,22,24)(H,25,26)/t17-/m1/s1. The van der Waals surface area contributed by atoms with E-state index in [0.717, 1.165) is 5.39 Å². The van der Waals surface area contributed by atoms with Crippen LogP contribution in [0.3, 0.4) is 0 Å². The van der Waals surface area contributed by atoms with E-state index < -0.39 is 22.8 Å². The Kier molecular flexibility index (Phi) is 5.68. The first-order valence-corrected chi connectivity index (χ1v) is 8.59. The van der Waals surface area contributed by atoms with E-state index in [9.17, 15) is 24.8 Å². The van der Waals surface area contributed by atoms with Crippen molar-refractivity contribution >= 4 is 28.5 Å². The highest BCUT2D eigenvalue weighted by molar-refractivity contribution is 5.99. The minimum atomic E-state index is -1.31. The Hall–Kier alpha value is -4.01. The van der Waals surface area contributed by atoms with Gasteiger partial charge in [-0.15, -0.1) is 0 Å². The number of carbonyl (C=O) groups excluding carboxylic acids is 1. The fraction of sp³-hybridized carbons (Fsp3) is 0.150. The maximum absolute atomic E-state index is 12.6. The molecule has 0 bridgehead atoms. The van der Waals surface area contributed by atoms with E-state index >= 15 is 0 Å². The van der Waals surface area contributed by atoms with E-state index in [2.05, 4.69) is 10.3 Å². The van der Waals surface area contributed by atoms with Crippen molar-refractivity contribution in [2.45, 2.75) is 12.5 Å². The molecule has 0 fully saturated rings. The lowest BCUT2D eigenvalue weighted by Gasteiger charge is -2.16. The first-order chi connectivity index (χ1) is 13.9. The predicted molar refractivity (Wildman–Crippen MR) is 104 cm³/mol. The fourth-order valence-corrected chi connectivity index (χ4v) is 2.89. The zero-order chi connectivity index (χ0) is 21.0. The summed E-state index contributed by atoms with van der Waals surface area (Å²) in [5.74, 6) is -1.59. The molecule has 3 rings (SSSR count). The Morgan fingerprint density at radius 2 is 2.00 bits per heavy atom. The largest absolute Gasteiger partial charge is 0.496 e. The normalized spacial score (nSPS) is 11.6. The summed E-state index contributed by atoms with van der Waals surface area (Å²) in [6.07, 6.45) is 1.18. The number of nitrogens with one attached hydrogen (secondary N) is 1. The Balaban J connectivity index is 1.84. The molecule has 148 valence electrons. The van der Waals surface area contributed by atoms with Gasteiger partial charge in [0, 0.05) is 35.7 Å². The topological polar surface area (TPSA) is 132 Å². The lowest BCUT2D eigenvalue weighted by molar-refractivity contribution is -0.384. The van der Waals surface area contributed by atoms with Crippen LogP contribution in [0.25, 0.3) is 10.9 Å². The second-order valence-electron chi connectivity index (χ2n) is 6.24.